The molecular weight excluding hydrogens is 478 g/mol. The second-order valence-electron chi connectivity index (χ2n) is 8.89. The molecule has 4 N–H and O–H groups in total. The molecule has 11 heteroatoms. The van der Waals surface area contributed by atoms with Gasteiger partial charge in [-0.2, -0.15) is 0 Å². The summed E-state index contributed by atoms with van der Waals surface area (Å²) in [6, 6.07) is 3.85. The van der Waals surface area contributed by atoms with Crippen molar-refractivity contribution in [1.82, 2.24) is 30.1 Å². The lowest BCUT2D eigenvalue weighted by Crippen LogP contribution is -2.40. The van der Waals surface area contributed by atoms with Gasteiger partial charge in [-0.1, -0.05) is 6.92 Å². The van der Waals surface area contributed by atoms with Gasteiger partial charge in [0.25, 0.3) is 0 Å². The standard InChI is InChI=1S/C25H33N7O3S/c1-4-31-10-6-7-15(31)13-28-21(34)12-22-29-19(14-36-22)18-9-8-16-23(35)17(11-20(33)27-3)24(26)32(5-2)25(16)30-18/h8-9,14-15H,4-7,10-13,26H2,1-3H3,(H,27,33)(H,28,34)/t15-/m1/s1. The number of nitrogens with one attached hydrogen (secondary N) is 2. The molecule has 4 rings (SSSR count). The second kappa shape index (κ2) is 11.2. The highest BCUT2D eigenvalue weighted by Gasteiger charge is 2.23. The van der Waals surface area contributed by atoms with E-state index in [1.165, 1.54) is 24.8 Å². The van der Waals surface area contributed by atoms with E-state index in [-0.39, 0.29) is 41.5 Å². The van der Waals surface area contributed by atoms with E-state index >= 15 is 0 Å². The molecular formula is C25H33N7O3S. The van der Waals surface area contributed by atoms with Gasteiger partial charge in [-0.25, -0.2) is 9.97 Å². The third kappa shape index (κ3) is 5.26. The molecule has 1 aliphatic heterocycles. The number of nitrogen functional groups attached to an aromatic ring is 1. The molecule has 1 aliphatic rings. The average molecular weight is 512 g/mol. The quantitative estimate of drug-likeness (QED) is 0.397. The summed E-state index contributed by atoms with van der Waals surface area (Å²) in [5, 5.41) is 8.55. The SMILES string of the molecule is CCN1CCC[C@@H]1CNC(=O)Cc1nc(-c2ccc3c(=O)c(CC(=O)NC)c(N)n(CC)c3n2)cs1. The number of aromatic nitrogens is 3. The van der Waals surface area contributed by atoms with Crippen molar-refractivity contribution in [2.45, 2.75) is 52.1 Å². The maximum atomic E-state index is 13.1. The fourth-order valence-electron chi connectivity index (χ4n) is 4.75. The van der Waals surface area contributed by atoms with Crippen LogP contribution < -0.4 is 21.8 Å². The number of nitrogens with zero attached hydrogens (tertiary/aromatic N) is 4. The monoisotopic (exact) mass is 511 g/mol. The Bertz CT molecular complexity index is 1330. The number of carbonyl (C=O) groups is 2. The third-order valence-corrected chi connectivity index (χ3v) is 7.60. The highest BCUT2D eigenvalue weighted by molar-refractivity contribution is 7.10. The van der Waals surface area contributed by atoms with Gasteiger partial charge in [0.15, 0.2) is 5.43 Å². The zero-order chi connectivity index (χ0) is 25.8. The van der Waals surface area contributed by atoms with E-state index in [2.05, 4.69) is 27.4 Å². The van der Waals surface area contributed by atoms with Crippen LogP contribution in [0.1, 0.15) is 37.3 Å². The molecule has 1 atom stereocenters. The lowest BCUT2D eigenvalue weighted by Gasteiger charge is -2.22. The highest BCUT2D eigenvalue weighted by atomic mass is 32.1. The molecule has 0 saturated carbocycles. The first-order chi connectivity index (χ1) is 17.4. The molecule has 36 heavy (non-hydrogen) atoms. The van der Waals surface area contributed by atoms with E-state index in [1.807, 2.05) is 12.3 Å². The van der Waals surface area contributed by atoms with Crippen molar-refractivity contribution in [2.24, 2.45) is 0 Å². The number of aryl methyl sites for hydroxylation is 1. The Morgan fingerprint density at radius 3 is 2.67 bits per heavy atom. The molecule has 4 heterocycles. The van der Waals surface area contributed by atoms with Gasteiger partial charge in [0.05, 0.1) is 29.6 Å². The van der Waals surface area contributed by atoms with E-state index < -0.39 is 0 Å². The summed E-state index contributed by atoms with van der Waals surface area (Å²) in [6.07, 6.45) is 2.42. The van der Waals surface area contributed by atoms with Crippen LogP contribution in [0.15, 0.2) is 22.3 Å². The number of hydrogen-bond donors (Lipinski definition) is 3. The maximum absolute atomic E-state index is 13.1. The minimum atomic E-state index is -0.297. The molecule has 0 radical (unpaired) electrons. The van der Waals surface area contributed by atoms with E-state index in [9.17, 15) is 14.4 Å². The van der Waals surface area contributed by atoms with Gasteiger partial charge in [0, 0.05) is 37.1 Å². The van der Waals surface area contributed by atoms with Crippen molar-refractivity contribution in [3.8, 4) is 11.4 Å². The van der Waals surface area contributed by atoms with Crippen LogP contribution >= 0.6 is 11.3 Å². The van der Waals surface area contributed by atoms with E-state index in [0.29, 0.717) is 46.6 Å². The van der Waals surface area contributed by atoms with E-state index in [4.69, 9.17) is 10.7 Å². The molecule has 0 spiro atoms. The molecule has 0 bridgehead atoms. The number of carbonyl (C=O) groups excluding carboxylic acids is 2. The number of anilines is 1. The average Bonchev–Trinajstić information content (AvgIpc) is 3.54. The van der Waals surface area contributed by atoms with Crippen molar-refractivity contribution >= 4 is 40.0 Å². The van der Waals surface area contributed by atoms with Crippen molar-refractivity contribution < 1.29 is 9.59 Å². The largest absolute Gasteiger partial charge is 0.385 e. The second-order valence-corrected chi connectivity index (χ2v) is 9.83. The Hall–Kier alpha value is -3.31. The summed E-state index contributed by atoms with van der Waals surface area (Å²) in [6.45, 7) is 7.30. The summed E-state index contributed by atoms with van der Waals surface area (Å²) in [5.41, 5.74) is 7.93. The zero-order valence-electron chi connectivity index (χ0n) is 21.0. The van der Waals surface area contributed by atoms with Crippen LogP contribution in [0, 0.1) is 0 Å². The van der Waals surface area contributed by atoms with Crippen molar-refractivity contribution in [1.29, 1.82) is 0 Å². The van der Waals surface area contributed by atoms with Crippen LogP contribution in [0.2, 0.25) is 0 Å². The summed E-state index contributed by atoms with van der Waals surface area (Å²) < 4.78 is 1.74. The number of fused-ring (bicyclic) bond motifs is 1. The third-order valence-electron chi connectivity index (χ3n) is 6.75. The predicted molar refractivity (Wildman–Crippen MR) is 142 cm³/mol. The normalized spacial score (nSPS) is 15.9. The van der Waals surface area contributed by atoms with Gasteiger partial charge in [0.1, 0.15) is 16.5 Å². The lowest BCUT2D eigenvalue weighted by atomic mass is 10.1. The Labute approximate surface area is 213 Å². The smallest absolute Gasteiger partial charge is 0.226 e. The van der Waals surface area contributed by atoms with Crippen LogP contribution in [-0.4, -0.2) is 64.0 Å². The van der Waals surface area contributed by atoms with E-state index in [1.54, 1.807) is 16.7 Å². The van der Waals surface area contributed by atoms with Crippen LogP contribution in [-0.2, 0) is 29.0 Å². The topological polar surface area (TPSA) is 135 Å². The number of pyridine rings is 2. The van der Waals surface area contributed by atoms with Crippen LogP contribution in [0.5, 0.6) is 0 Å². The molecule has 192 valence electrons. The van der Waals surface area contributed by atoms with Gasteiger partial charge < -0.3 is 20.9 Å². The van der Waals surface area contributed by atoms with Crippen LogP contribution in [0.4, 0.5) is 5.82 Å². The molecule has 0 unspecified atom stereocenters. The summed E-state index contributed by atoms with van der Waals surface area (Å²) in [4.78, 5) is 49.2. The number of hydrogen-bond acceptors (Lipinski definition) is 8. The van der Waals surface area contributed by atoms with Crippen LogP contribution in [0.3, 0.4) is 0 Å². The molecule has 1 saturated heterocycles. The Kier molecular flexibility index (Phi) is 8.00. The number of rotatable bonds is 9. The zero-order valence-corrected chi connectivity index (χ0v) is 21.8. The molecule has 0 aliphatic carbocycles. The number of thiazole rings is 1. The predicted octanol–water partition coefficient (Wildman–Crippen LogP) is 1.55. The molecule has 10 nitrogen and oxygen atoms in total. The first-order valence-electron chi connectivity index (χ1n) is 12.3. The fourth-order valence-corrected chi connectivity index (χ4v) is 5.54. The maximum Gasteiger partial charge on any atom is 0.226 e. The summed E-state index contributed by atoms with van der Waals surface area (Å²) >= 11 is 1.41. The summed E-state index contributed by atoms with van der Waals surface area (Å²) in [7, 11) is 1.52. The van der Waals surface area contributed by atoms with Crippen molar-refractivity contribution in [3.63, 3.8) is 0 Å². The Morgan fingerprint density at radius 2 is 1.94 bits per heavy atom. The Balaban J connectivity index is 1.53. The minimum Gasteiger partial charge on any atom is -0.385 e. The van der Waals surface area contributed by atoms with Crippen molar-refractivity contribution in [3.05, 3.63) is 38.3 Å². The van der Waals surface area contributed by atoms with Gasteiger partial charge in [-0.15, -0.1) is 11.3 Å². The van der Waals surface area contributed by atoms with Gasteiger partial charge in [-0.05, 0) is 45.0 Å². The number of amides is 2. The van der Waals surface area contributed by atoms with Crippen molar-refractivity contribution in [2.75, 3.05) is 32.4 Å². The molecule has 3 aromatic rings. The van der Waals surface area contributed by atoms with E-state index in [0.717, 1.165) is 19.5 Å². The molecule has 1 fully saturated rings. The fraction of sp³-hybridized carbons (Fsp3) is 0.480. The molecule has 3 aromatic heterocycles. The first-order valence-corrected chi connectivity index (χ1v) is 13.2. The van der Waals surface area contributed by atoms with Gasteiger partial charge in [-0.3, -0.25) is 19.3 Å². The van der Waals surface area contributed by atoms with Crippen LogP contribution in [0.25, 0.3) is 22.4 Å². The molecule has 0 aromatic carbocycles. The number of likely N-dealkylation sites (tertiary alicyclic amines) is 1. The number of nitrogens with two attached hydrogens (primary N) is 1. The molecule has 2 amide bonds. The minimum absolute atomic E-state index is 0.0402. The lowest BCUT2D eigenvalue weighted by molar-refractivity contribution is -0.121. The highest BCUT2D eigenvalue weighted by Crippen LogP contribution is 2.25. The van der Waals surface area contributed by atoms with Gasteiger partial charge in [0.2, 0.25) is 11.8 Å². The number of likely N-dealkylation sites (N-methyl/N-ethyl adjacent to an activating group) is 2. The first kappa shape index (κ1) is 25.8. The van der Waals surface area contributed by atoms with Gasteiger partial charge >= 0.3 is 0 Å². The summed E-state index contributed by atoms with van der Waals surface area (Å²) in [5.74, 6) is -0.0836. The Morgan fingerprint density at radius 1 is 1.14 bits per heavy atom.